The van der Waals surface area contributed by atoms with Crippen LogP contribution in [0.4, 0.5) is 5.69 Å². The van der Waals surface area contributed by atoms with E-state index in [4.69, 9.17) is 0 Å². The molecular formula is C11H19N3. The van der Waals surface area contributed by atoms with Crippen LogP contribution >= 0.6 is 0 Å². The highest BCUT2D eigenvalue weighted by atomic mass is 15.3. The Balaban J connectivity index is 2.29. The number of piperidine rings is 1. The van der Waals surface area contributed by atoms with Gasteiger partial charge in [-0.15, -0.1) is 0 Å². The van der Waals surface area contributed by atoms with Crippen molar-refractivity contribution >= 4 is 5.69 Å². The van der Waals surface area contributed by atoms with E-state index in [1.165, 1.54) is 49.4 Å². The van der Waals surface area contributed by atoms with Gasteiger partial charge in [0.1, 0.15) is 0 Å². The molecule has 0 N–H and O–H groups in total. The average Bonchev–Trinajstić information content (AvgIpc) is 2.43. The summed E-state index contributed by atoms with van der Waals surface area (Å²) in [5, 5.41) is 4.46. The highest BCUT2D eigenvalue weighted by molar-refractivity contribution is 5.54. The fourth-order valence-electron chi connectivity index (χ4n) is 2.34. The second-order valence-electron chi connectivity index (χ2n) is 4.19. The van der Waals surface area contributed by atoms with E-state index in [2.05, 4.69) is 23.8 Å². The van der Waals surface area contributed by atoms with E-state index in [0.29, 0.717) is 0 Å². The molecule has 0 aliphatic carbocycles. The summed E-state index contributed by atoms with van der Waals surface area (Å²) in [6.45, 7) is 6.67. The maximum atomic E-state index is 4.46. The van der Waals surface area contributed by atoms with Gasteiger partial charge in [0.2, 0.25) is 0 Å². The molecule has 1 fully saturated rings. The number of nitrogens with zero attached hydrogens (tertiary/aromatic N) is 3. The standard InChI is InChI=1S/C11H19N3/c1-9-11(10(2)13(3)12-9)14-7-5-4-6-8-14/h4-8H2,1-3H3. The molecule has 2 rings (SSSR count). The van der Waals surface area contributed by atoms with Crippen LogP contribution in [0, 0.1) is 13.8 Å². The van der Waals surface area contributed by atoms with Gasteiger partial charge in [-0.05, 0) is 33.1 Å². The van der Waals surface area contributed by atoms with Gasteiger partial charge >= 0.3 is 0 Å². The molecule has 0 aromatic carbocycles. The summed E-state index contributed by atoms with van der Waals surface area (Å²) in [6.07, 6.45) is 4.04. The summed E-state index contributed by atoms with van der Waals surface area (Å²) < 4.78 is 1.99. The van der Waals surface area contributed by atoms with Crippen molar-refractivity contribution in [1.29, 1.82) is 0 Å². The highest BCUT2D eigenvalue weighted by Gasteiger charge is 2.18. The van der Waals surface area contributed by atoms with Crippen molar-refractivity contribution in [3.8, 4) is 0 Å². The molecule has 3 heteroatoms. The Morgan fingerprint density at radius 3 is 2.21 bits per heavy atom. The smallest absolute Gasteiger partial charge is 0.0829 e. The van der Waals surface area contributed by atoms with Gasteiger partial charge in [0.15, 0.2) is 0 Å². The molecule has 0 spiro atoms. The average molecular weight is 193 g/mol. The molecule has 1 aromatic heterocycles. The molecule has 0 saturated carbocycles. The van der Waals surface area contributed by atoms with Gasteiger partial charge in [-0.25, -0.2) is 0 Å². The van der Waals surface area contributed by atoms with Gasteiger partial charge in [-0.2, -0.15) is 5.10 Å². The molecule has 0 amide bonds. The summed E-state index contributed by atoms with van der Waals surface area (Å²) in [5.41, 5.74) is 3.84. The second-order valence-corrected chi connectivity index (χ2v) is 4.19. The highest BCUT2D eigenvalue weighted by Crippen LogP contribution is 2.26. The van der Waals surface area contributed by atoms with E-state index in [-0.39, 0.29) is 0 Å². The number of anilines is 1. The Morgan fingerprint density at radius 1 is 1.07 bits per heavy atom. The zero-order valence-electron chi connectivity index (χ0n) is 9.38. The Kier molecular flexibility index (Phi) is 2.48. The number of hydrogen-bond donors (Lipinski definition) is 0. The largest absolute Gasteiger partial charge is 0.369 e. The molecule has 1 aliphatic heterocycles. The van der Waals surface area contributed by atoms with Crippen molar-refractivity contribution in [2.75, 3.05) is 18.0 Å². The molecule has 0 atom stereocenters. The molecule has 0 radical (unpaired) electrons. The van der Waals surface area contributed by atoms with Gasteiger partial charge in [0.25, 0.3) is 0 Å². The number of aryl methyl sites for hydroxylation is 2. The number of rotatable bonds is 1. The van der Waals surface area contributed by atoms with Crippen molar-refractivity contribution in [3.05, 3.63) is 11.4 Å². The minimum Gasteiger partial charge on any atom is -0.369 e. The first-order valence-corrected chi connectivity index (χ1v) is 5.45. The van der Waals surface area contributed by atoms with Crippen LogP contribution in [0.25, 0.3) is 0 Å². The predicted octanol–water partition coefficient (Wildman–Crippen LogP) is 2.03. The van der Waals surface area contributed by atoms with E-state index in [1.807, 2.05) is 11.7 Å². The fraction of sp³-hybridized carbons (Fsp3) is 0.727. The lowest BCUT2D eigenvalue weighted by atomic mass is 10.1. The molecule has 2 heterocycles. The zero-order valence-corrected chi connectivity index (χ0v) is 9.38. The molecule has 3 nitrogen and oxygen atoms in total. The summed E-state index contributed by atoms with van der Waals surface area (Å²) in [6, 6.07) is 0. The lowest BCUT2D eigenvalue weighted by Gasteiger charge is -2.28. The van der Waals surface area contributed by atoms with Crippen molar-refractivity contribution in [2.45, 2.75) is 33.1 Å². The molecule has 1 aromatic rings. The first-order chi connectivity index (χ1) is 6.70. The first-order valence-electron chi connectivity index (χ1n) is 5.45. The van der Waals surface area contributed by atoms with Gasteiger partial charge in [0.05, 0.1) is 17.1 Å². The third-order valence-corrected chi connectivity index (χ3v) is 3.14. The maximum absolute atomic E-state index is 4.46. The van der Waals surface area contributed by atoms with Gasteiger partial charge in [-0.3, -0.25) is 4.68 Å². The molecule has 0 bridgehead atoms. The van der Waals surface area contributed by atoms with Crippen LogP contribution in [-0.4, -0.2) is 22.9 Å². The zero-order chi connectivity index (χ0) is 10.1. The monoisotopic (exact) mass is 193 g/mol. The van der Waals surface area contributed by atoms with E-state index < -0.39 is 0 Å². The minimum atomic E-state index is 1.17. The Morgan fingerprint density at radius 2 is 1.71 bits per heavy atom. The Bertz CT molecular complexity index is 322. The van der Waals surface area contributed by atoms with Crippen LogP contribution in [0.3, 0.4) is 0 Å². The summed E-state index contributed by atoms with van der Waals surface area (Å²) in [7, 11) is 2.02. The maximum Gasteiger partial charge on any atom is 0.0829 e. The second kappa shape index (κ2) is 3.64. The predicted molar refractivity (Wildman–Crippen MR) is 58.7 cm³/mol. The van der Waals surface area contributed by atoms with Gasteiger partial charge in [-0.1, -0.05) is 0 Å². The van der Waals surface area contributed by atoms with Crippen LogP contribution in [0.2, 0.25) is 0 Å². The van der Waals surface area contributed by atoms with Crippen molar-refractivity contribution in [1.82, 2.24) is 9.78 Å². The molecule has 1 saturated heterocycles. The summed E-state index contributed by atoms with van der Waals surface area (Å²) in [4.78, 5) is 2.49. The topological polar surface area (TPSA) is 21.1 Å². The normalized spacial score (nSPS) is 17.5. The van der Waals surface area contributed by atoms with Crippen LogP contribution in [0.1, 0.15) is 30.7 Å². The molecule has 78 valence electrons. The molecule has 0 unspecified atom stereocenters. The first kappa shape index (κ1) is 9.56. The molecule has 14 heavy (non-hydrogen) atoms. The lowest BCUT2D eigenvalue weighted by Crippen LogP contribution is -2.30. The van der Waals surface area contributed by atoms with Crippen molar-refractivity contribution in [3.63, 3.8) is 0 Å². The van der Waals surface area contributed by atoms with E-state index in [0.717, 1.165) is 0 Å². The molecular weight excluding hydrogens is 174 g/mol. The van der Waals surface area contributed by atoms with Crippen molar-refractivity contribution in [2.24, 2.45) is 7.05 Å². The fourth-order valence-corrected chi connectivity index (χ4v) is 2.34. The van der Waals surface area contributed by atoms with Crippen LogP contribution < -0.4 is 4.90 Å². The quantitative estimate of drug-likeness (QED) is 0.680. The SMILES string of the molecule is Cc1nn(C)c(C)c1N1CCCCC1. The minimum absolute atomic E-state index is 1.17. The lowest BCUT2D eigenvalue weighted by molar-refractivity contribution is 0.576. The van der Waals surface area contributed by atoms with Crippen molar-refractivity contribution < 1.29 is 0 Å². The van der Waals surface area contributed by atoms with Crippen LogP contribution in [0.5, 0.6) is 0 Å². The summed E-state index contributed by atoms with van der Waals surface area (Å²) in [5.74, 6) is 0. The van der Waals surface area contributed by atoms with Crippen LogP contribution in [-0.2, 0) is 7.05 Å². The van der Waals surface area contributed by atoms with Gasteiger partial charge in [0, 0.05) is 20.1 Å². The van der Waals surface area contributed by atoms with E-state index >= 15 is 0 Å². The Hall–Kier alpha value is -0.990. The summed E-state index contributed by atoms with van der Waals surface area (Å²) >= 11 is 0. The molecule has 1 aliphatic rings. The third kappa shape index (κ3) is 1.51. The number of aromatic nitrogens is 2. The Labute approximate surface area is 85.7 Å². The van der Waals surface area contributed by atoms with E-state index in [9.17, 15) is 0 Å². The van der Waals surface area contributed by atoms with Gasteiger partial charge < -0.3 is 4.90 Å². The van der Waals surface area contributed by atoms with Crippen LogP contribution in [0.15, 0.2) is 0 Å². The third-order valence-electron chi connectivity index (χ3n) is 3.14. The number of hydrogen-bond acceptors (Lipinski definition) is 2. The van der Waals surface area contributed by atoms with E-state index in [1.54, 1.807) is 0 Å².